The van der Waals surface area contributed by atoms with Gasteiger partial charge in [-0.1, -0.05) is 36.8 Å². The lowest BCUT2D eigenvalue weighted by Crippen LogP contribution is -2.20. The van der Waals surface area contributed by atoms with Crippen molar-refractivity contribution in [2.45, 2.75) is 20.3 Å². The number of ether oxygens (including phenoxy) is 1. The fourth-order valence-corrected chi connectivity index (χ4v) is 3.38. The minimum absolute atomic E-state index is 0.245. The molecule has 0 aliphatic carbocycles. The number of thiazole rings is 1. The number of methoxy groups -OCH3 is 1. The van der Waals surface area contributed by atoms with E-state index in [9.17, 15) is 4.79 Å². The predicted octanol–water partition coefficient (Wildman–Crippen LogP) is 3.07. The second kappa shape index (κ2) is 5.45. The van der Waals surface area contributed by atoms with Gasteiger partial charge in [-0.2, -0.15) is 0 Å². The summed E-state index contributed by atoms with van der Waals surface area (Å²) in [5.41, 5.74) is 0. The molecule has 1 saturated heterocycles. The van der Waals surface area contributed by atoms with Gasteiger partial charge in [-0.15, -0.1) is 0 Å². The van der Waals surface area contributed by atoms with E-state index in [4.69, 9.17) is 11.6 Å². The van der Waals surface area contributed by atoms with Crippen molar-refractivity contribution in [3.63, 3.8) is 0 Å². The summed E-state index contributed by atoms with van der Waals surface area (Å²) in [7, 11) is 1.35. The highest BCUT2D eigenvalue weighted by Crippen LogP contribution is 2.34. The summed E-state index contributed by atoms with van der Waals surface area (Å²) in [5.74, 6) is 0.947. The van der Waals surface area contributed by atoms with E-state index in [1.807, 2.05) is 0 Å². The molecule has 0 radical (unpaired) electrons. The van der Waals surface area contributed by atoms with Crippen molar-refractivity contribution in [1.29, 1.82) is 0 Å². The first-order valence-electron chi connectivity index (χ1n) is 6.02. The van der Waals surface area contributed by atoms with E-state index in [1.54, 1.807) is 0 Å². The molecule has 4 nitrogen and oxygen atoms in total. The Morgan fingerprint density at radius 1 is 1.61 bits per heavy atom. The van der Waals surface area contributed by atoms with Crippen molar-refractivity contribution in [2.24, 2.45) is 11.8 Å². The lowest BCUT2D eigenvalue weighted by atomic mass is 9.95. The second-order valence-corrected chi connectivity index (χ2v) is 6.18. The molecule has 6 heteroatoms. The van der Waals surface area contributed by atoms with Gasteiger partial charge in [-0.25, -0.2) is 9.78 Å². The van der Waals surface area contributed by atoms with E-state index in [-0.39, 0.29) is 5.15 Å². The van der Waals surface area contributed by atoms with E-state index in [0.717, 1.165) is 18.2 Å². The van der Waals surface area contributed by atoms with Crippen LogP contribution in [0.1, 0.15) is 29.9 Å². The number of rotatable bonds is 3. The molecular weight excluding hydrogens is 272 g/mol. The largest absolute Gasteiger partial charge is 0.465 e. The molecule has 0 spiro atoms. The van der Waals surface area contributed by atoms with Gasteiger partial charge in [0.05, 0.1) is 7.11 Å². The van der Waals surface area contributed by atoms with Crippen LogP contribution in [0.25, 0.3) is 0 Å². The molecule has 1 aliphatic rings. The molecule has 1 aromatic heterocycles. The fraction of sp³-hybridized carbons (Fsp3) is 0.667. The second-order valence-electron chi connectivity index (χ2n) is 4.85. The smallest absolute Gasteiger partial charge is 0.351 e. The lowest BCUT2D eigenvalue weighted by molar-refractivity contribution is 0.0606. The first-order valence-corrected chi connectivity index (χ1v) is 7.22. The number of anilines is 1. The Morgan fingerprint density at radius 3 is 2.89 bits per heavy atom. The first kappa shape index (κ1) is 13.6. The molecular formula is C12H17ClN2O2S. The Morgan fingerprint density at radius 2 is 2.33 bits per heavy atom. The van der Waals surface area contributed by atoms with E-state index in [1.165, 1.54) is 24.9 Å². The summed E-state index contributed by atoms with van der Waals surface area (Å²) in [5, 5.41) is 1.07. The molecule has 100 valence electrons. The van der Waals surface area contributed by atoms with Gasteiger partial charge in [0.1, 0.15) is 0 Å². The topological polar surface area (TPSA) is 42.4 Å². The van der Waals surface area contributed by atoms with Crippen LogP contribution in [-0.4, -0.2) is 31.2 Å². The monoisotopic (exact) mass is 288 g/mol. The van der Waals surface area contributed by atoms with E-state index in [0.29, 0.717) is 16.7 Å². The highest BCUT2D eigenvalue weighted by molar-refractivity contribution is 7.18. The van der Waals surface area contributed by atoms with Gasteiger partial charge in [0.15, 0.2) is 15.2 Å². The standard InChI is InChI=1S/C12H17ClN2O2S/c1-7(2)8-4-5-15(6-8)12-14-10(13)9(18-12)11(16)17-3/h7-8H,4-6H2,1-3H3. The average molecular weight is 289 g/mol. The maximum atomic E-state index is 11.5. The molecule has 0 bridgehead atoms. The maximum absolute atomic E-state index is 11.5. The molecule has 0 aromatic carbocycles. The van der Waals surface area contributed by atoms with Crippen molar-refractivity contribution in [2.75, 3.05) is 25.1 Å². The molecule has 0 amide bonds. The van der Waals surface area contributed by atoms with Crippen LogP contribution in [0, 0.1) is 11.8 Å². The number of hydrogen-bond acceptors (Lipinski definition) is 5. The molecule has 18 heavy (non-hydrogen) atoms. The van der Waals surface area contributed by atoms with Gasteiger partial charge in [0.25, 0.3) is 0 Å². The zero-order chi connectivity index (χ0) is 13.3. The number of nitrogens with zero attached hydrogens (tertiary/aromatic N) is 2. The summed E-state index contributed by atoms with van der Waals surface area (Å²) in [6.07, 6.45) is 1.17. The molecule has 2 rings (SSSR count). The number of esters is 1. The van der Waals surface area contributed by atoms with Crippen molar-refractivity contribution in [3.05, 3.63) is 10.0 Å². The third-order valence-corrected chi connectivity index (χ3v) is 4.87. The number of carbonyl (C=O) groups excluding carboxylic acids is 1. The number of aromatic nitrogens is 1. The Kier molecular flexibility index (Phi) is 4.12. The van der Waals surface area contributed by atoms with Gasteiger partial charge < -0.3 is 9.64 Å². The minimum Gasteiger partial charge on any atom is -0.465 e. The SMILES string of the molecule is COC(=O)c1sc(N2CCC(C(C)C)C2)nc1Cl. The third-order valence-electron chi connectivity index (χ3n) is 3.38. The quantitative estimate of drug-likeness (QED) is 0.802. The highest BCUT2D eigenvalue weighted by atomic mass is 35.5. The fourth-order valence-electron chi connectivity index (χ4n) is 2.15. The molecule has 0 saturated carbocycles. The van der Waals surface area contributed by atoms with Gasteiger partial charge in [-0.05, 0) is 18.3 Å². The average Bonchev–Trinajstić information content (AvgIpc) is 2.94. The minimum atomic E-state index is -0.414. The van der Waals surface area contributed by atoms with E-state index < -0.39 is 5.97 Å². The van der Waals surface area contributed by atoms with Crippen molar-refractivity contribution in [1.82, 2.24) is 4.98 Å². The lowest BCUT2D eigenvalue weighted by Gasteiger charge is -2.16. The maximum Gasteiger partial charge on any atom is 0.351 e. The van der Waals surface area contributed by atoms with Crippen LogP contribution < -0.4 is 4.90 Å². The number of carbonyl (C=O) groups is 1. The zero-order valence-electron chi connectivity index (χ0n) is 10.8. The van der Waals surface area contributed by atoms with Crippen LogP contribution in [0.15, 0.2) is 0 Å². The van der Waals surface area contributed by atoms with Gasteiger partial charge >= 0.3 is 5.97 Å². The van der Waals surface area contributed by atoms with Crippen LogP contribution in [0.3, 0.4) is 0 Å². The van der Waals surface area contributed by atoms with Gasteiger partial charge in [0.2, 0.25) is 0 Å². The Hall–Kier alpha value is -0.810. The Balaban J connectivity index is 2.13. The van der Waals surface area contributed by atoms with Crippen molar-refractivity contribution >= 4 is 34.0 Å². The number of hydrogen-bond donors (Lipinski definition) is 0. The highest BCUT2D eigenvalue weighted by Gasteiger charge is 2.28. The molecule has 0 N–H and O–H groups in total. The van der Waals surface area contributed by atoms with Gasteiger partial charge in [-0.3, -0.25) is 0 Å². The van der Waals surface area contributed by atoms with E-state index >= 15 is 0 Å². The van der Waals surface area contributed by atoms with Crippen LogP contribution in [-0.2, 0) is 4.74 Å². The van der Waals surface area contributed by atoms with Gasteiger partial charge in [0, 0.05) is 13.1 Å². The summed E-state index contributed by atoms with van der Waals surface area (Å²) < 4.78 is 4.68. The predicted molar refractivity (Wildman–Crippen MR) is 73.6 cm³/mol. The molecule has 1 fully saturated rings. The molecule has 1 aromatic rings. The molecule has 1 unspecified atom stereocenters. The van der Waals surface area contributed by atoms with Crippen LogP contribution in [0.4, 0.5) is 5.13 Å². The molecule has 1 atom stereocenters. The van der Waals surface area contributed by atoms with Crippen molar-refractivity contribution in [3.8, 4) is 0 Å². The summed E-state index contributed by atoms with van der Waals surface area (Å²) in [6.45, 7) is 6.45. The van der Waals surface area contributed by atoms with Crippen molar-refractivity contribution < 1.29 is 9.53 Å². The summed E-state index contributed by atoms with van der Waals surface area (Å²) in [4.78, 5) is 18.3. The summed E-state index contributed by atoms with van der Waals surface area (Å²) >= 11 is 7.28. The zero-order valence-corrected chi connectivity index (χ0v) is 12.3. The molecule has 1 aliphatic heterocycles. The normalized spacial score (nSPS) is 19.6. The van der Waals surface area contributed by atoms with E-state index in [2.05, 4.69) is 28.5 Å². The Labute approximate surface area is 116 Å². The van der Waals surface area contributed by atoms with Crippen LogP contribution in [0.5, 0.6) is 0 Å². The van der Waals surface area contributed by atoms with Crippen LogP contribution in [0.2, 0.25) is 5.15 Å². The first-order chi connectivity index (χ1) is 8.52. The van der Waals surface area contributed by atoms with Crippen LogP contribution >= 0.6 is 22.9 Å². The molecule has 2 heterocycles. The number of halogens is 1. The summed E-state index contributed by atoms with van der Waals surface area (Å²) in [6, 6.07) is 0. The third kappa shape index (κ3) is 2.62. The Bertz CT molecular complexity index is 447.